The summed E-state index contributed by atoms with van der Waals surface area (Å²) < 4.78 is 0. The molecule has 2 rings (SSSR count). The number of nitrogen functional groups attached to an aromatic ring is 1. The van der Waals surface area contributed by atoms with Gasteiger partial charge in [-0.15, -0.1) is 22.7 Å². The van der Waals surface area contributed by atoms with Gasteiger partial charge in [-0.2, -0.15) is 0 Å². The molecule has 0 saturated heterocycles. The van der Waals surface area contributed by atoms with Gasteiger partial charge in [0.25, 0.3) is 0 Å². The molecule has 2 aromatic rings. The van der Waals surface area contributed by atoms with Gasteiger partial charge >= 0.3 is 0 Å². The maximum atomic E-state index is 5.61. The van der Waals surface area contributed by atoms with Gasteiger partial charge in [0.2, 0.25) is 0 Å². The highest BCUT2D eigenvalue weighted by Gasteiger charge is 2.07. The summed E-state index contributed by atoms with van der Waals surface area (Å²) in [4.78, 5) is 13.2. The molecule has 0 bridgehead atoms. The SMILES string of the molecule is CCc1cnc(CN(C)Cc2cnc(N)s2)s1. The molecule has 92 valence electrons. The van der Waals surface area contributed by atoms with Crippen molar-refractivity contribution in [3.8, 4) is 0 Å². The molecule has 0 saturated carbocycles. The van der Waals surface area contributed by atoms with E-state index >= 15 is 0 Å². The zero-order valence-corrected chi connectivity index (χ0v) is 11.6. The largest absolute Gasteiger partial charge is 0.375 e. The predicted molar refractivity (Wildman–Crippen MR) is 73.2 cm³/mol. The van der Waals surface area contributed by atoms with Crippen molar-refractivity contribution in [3.05, 3.63) is 27.2 Å². The molecule has 0 aliphatic rings. The van der Waals surface area contributed by atoms with Crippen molar-refractivity contribution < 1.29 is 0 Å². The molecule has 2 heterocycles. The number of hydrogen-bond donors (Lipinski definition) is 1. The van der Waals surface area contributed by atoms with Crippen molar-refractivity contribution in [3.63, 3.8) is 0 Å². The monoisotopic (exact) mass is 268 g/mol. The molecule has 0 spiro atoms. The number of aromatic nitrogens is 2. The van der Waals surface area contributed by atoms with Crippen molar-refractivity contribution >= 4 is 27.8 Å². The molecule has 6 heteroatoms. The van der Waals surface area contributed by atoms with E-state index in [0.29, 0.717) is 5.13 Å². The second-order valence-electron chi connectivity index (χ2n) is 3.91. The fourth-order valence-electron chi connectivity index (χ4n) is 1.53. The Morgan fingerprint density at radius 3 is 2.53 bits per heavy atom. The third-order valence-electron chi connectivity index (χ3n) is 2.35. The molecule has 2 aromatic heterocycles. The van der Waals surface area contributed by atoms with Crippen molar-refractivity contribution in [1.29, 1.82) is 0 Å². The van der Waals surface area contributed by atoms with Gasteiger partial charge in [-0.25, -0.2) is 9.97 Å². The molecular formula is C11H16N4S2. The van der Waals surface area contributed by atoms with Crippen LogP contribution >= 0.6 is 22.7 Å². The molecule has 0 unspecified atom stereocenters. The predicted octanol–water partition coefficient (Wildman–Crippen LogP) is 2.38. The minimum Gasteiger partial charge on any atom is -0.375 e. The third kappa shape index (κ3) is 3.49. The zero-order chi connectivity index (χ0) is 12.3. The Kier molecular flexibility index (Phi) is 4.09. The van der Waals surface area contributed by atoms with E-state index in [4.69, 9.17) is 5.73 Å². The van der Waals surface area contributed by atoms with Gasteiger partial charge in [0.15, 0.2) is 5.13 Å². The molecule has 4 nitrogen and oxygen atoms in total. The Morgan fingerprint density at radius 1 is 1.18 bits per heavy atom. The molecule has 17 heavy (non-hydrogen) atoms. The maximum absolute atomic E-state index is 5.61. The fraction of sp³-hybridized carbons (Fsp3) is 0.455. The first-order valence-electron chi connectivity index (χ1n) is 5.49. The van der Waals surface area contributed by atoms with Crippen LogP contribution in [0.5, 0.6) is 0 Å². The Balaban J connectivity index is 1.90. The fourth-order valence-corrected chi connectivity index (χ4v) is 3.24. The van der Waals surface area contributed by atoms with Crippen LogP contribution in [0, 0.1) is 0 Å². The Morgan fingerprint density at radius 2 is 1.94 bits per heavy atom. The van der Waals surface area contributed by atoms with Crippen molar-refractivity contribution in [2.45, 2.75) is 26.4 Å². The number of nitrogens with zero attached hydrogens (tertiary/aromatic N) is 3. The first kappa shape index (κ1) is 12.5. The second-order valence-corrected chi connectivity index (χ2v) is 6.26. The lowest BCUT2D eigenvalue weighted by atomic mass is 10.4. The van der Waals surface area contributed by atoms with Crippen LogP contribution in [0.1, 0.15) is 21.7 Å². The topological polar surface area (TPSA) is 55.0 Å². The highest BCUT2D eigenvalue weighted by molar-refractivity contribution is 7.15. The summed E-state index contributed by atoms with van der Waals surface area (Å²) in [5.74, 6) is 0. The van der Waals surface area contributed by atoms with E-state index in [1.54, 1.807) is 22.7 Å². The summed E-state index contributed by atoms with van der Waals surface area (Å²) in [5.41, 5.74) is 5.61. The van der Waals surface area contributed by atoms with Gasteiger partial charge in [-0.05, 0) is 13.5 Å². The molecule has 0 aromatic carbocycles. The van der Waals surface area contributed by atoms with Gasteiger partial charge in [0, 0.05) is 28.7 Å². The van der Waals surface area contributed by atoms with Crippen LogP contribution in [0.25, 0.3) is 0 Å². The number of nitrogens with two attached hydrogens (primary N) is 1. The summed E-state index contributed by atoms with van der Waals surface area (Å²) >= 11 is 3.33. The summed E-state index contributed by atoms with van der Waals surface area (Å²) in [6.07, 6.45) is 4.88. The molecule has 0 atom stereocenters. The number of anilines is 1. The molecular weight excluding hydrogens is 252 g/mol. The Hall–Kier alpha value is -0.980. The standard InChI is InChI=1S/C11H16N4S2/c1-3-8-4-13-10(16-8)7-15(2)6-9-5-14-11(12)17-9/h4-5H,3,6-7H2,1-2H3,(H2,12,14). The van der Waals surface area contributed by atoms with E-state index in [9.17, 15) is 0 Å². The smallest absolute Gasteiger partial charge is 0.180 e. The van der Waals surface area contributed by atoms with Crippen LogP contribution < -0.4 is 5.73 Å². The number of hydrogen-bond acceptors (Lipinski definition) is 6. The van der Waals surface area contributed by atoms with E-state index in [2.05, 4.69) is 28.8 Å². The van der Waals surface area contributed by atoms with E-state index in [1.807, 2.05) is 12.4 Å². The van der Waals surface area contributed by atoms with Crippen LogP contribution in [0.3, 0.4) is 0 Å². The first-order chi connectivity index (χ1) is 8.17. The summed E-state index contributed by atoms with van der Waals surface area (Å²) in [6, 6.07) is 0. The van der Waals surface area contributed by atoms with Gasteiger partial charge in [-0.1, -0.05) is 6.92 Å². The highest BCUT2D eigenvalue weighted by atomic mass is 32.1. The van der Waals surface area contributed by atoms with E-state index in [0.717, 1.165) is 19.5 Å². The Bertz CT molecular complexity index is 477. The van der Waals surface area contributed by atoms with E-state index in [-0.39, 0.29) is 0 Å². The van der Waals surface area contributed by atoms with Gasteiger partial charge in [0.1, 0.15) is 5.01 Å². The van der Waals surface area contributed by atoms with Gasteiger partial charge in [-0.3, -0.25) is 4.90 Å². The molecule has 0 aliphatic carbocycles. The minimum atomic E-state index is 0.635. The van der Waals surface area contributed by atoms with Crippen molar-refractivity contribution in [1.82, 2.24) is 14.9 Å². The second kappa shape index (κ2) is 5.57. The third-order valence-corrected chi connectivity index (χ3v) is 4.29. The minimum absolute atomic E-state index is 0.635. The number of rotatable bonds is 5. The van der Waals surface area contributed by atoms with Crippen LogP contribution in [0.15, 0.2) is 12.4 Å². The molecule has 0 fully saturated rings. The van der Waals surface area contributed by atoms with Crippen molar-refractivity contribution in [2.75, 3.05) is 12.8 Å². The lowest BCUT2D eigenvalue weighted by molar-refractivity contribution is 0.321. The van der Waals surface area contributed by atoms with E-state index in [1.165, 1.54) is 14.8 Å². The number of thiazole rings is 2. The summed E-state index contributed by atoms with van der Waals surface area (Å²) in [7, 11) is 2.09. The summed E-state index contributed by atoms with van der Waals surface area (Å²) in [5, 5.41) is 1.80. The molecule has 2 N–H and O–H groups in total. The van der Waals surface area contributed by atoms with Crippen molar-refractivity contribution in [2.24, 2.45) is 0 Å². The maximum Gasteiger partial charge on any atom is 0.180 e. The average Bonchev–Trinajstić information content (AvgIpc) is 2.88. The van der Waals surface area contributed by atoms with Crippen LogP contribution in [-0.4, -0.2) is 21.9 Å². The lowest BCUT2D eigenvalue weighted by Gasteiger charge is -2.12. The highest BCUT2D eigenvalue weighted by Crippen LogP contribution is 2.19. The normalized spacial score (nSPS) is 11.2. The Labute approximate surface area is 109 Å². The van der Waals surface area contributed by atoms with E-state index < -0.39 is 0 Å². The molecule has 0 aliphatic heterocycles. The van der Waals surface area contributed by atoms with Crippen LogP contribution in [0.4, 0.5) is 5.13 Å². The lowest BCUT2D eigenvalue weighted by Crippen LogP contribution is -2.16. The van der Waals surface area contributed by atoms with Gasteiger partial charge < -0.3 is 5.73 Å². The van der Waals surface area contributed by atoms with Gasteiger partial charge in [0.05, 0.1) is 6.54 Å². The quantitative estimate of drug-likeness (QED) is 0.904. The molecule has 0 amide bonds. The number of aryl methyl sites for hydroxylation is 1. The summed E-state index contributed by atoms with van der Waals surface area (Å²) in [6.45, 7) is 3.90. The van der Waals surface area contributed by atoms with Crippen LogP contribution in [-0.2, 0) is 19.5 Å². The van der Waals surface area contributed by atoms with Crippen LogP contribution in [0.2, 0.25) is 0 Å². The first-order valence-corrected chi connectivity index (χ1v) is 7.13. The zero-order valence-electron chi connectivity index (χ0n) is 10.0. The molecule has 0 radical (unpaired) electrons. The average molecular weight is 268 g/mol.